The van der Waals surface area contributed by atoms with Crippen molar-refractivity contribution in [1.29, 1.82) is 0 Å². The zero-order valence-corrected chi connectivity index (χ0v) is 12.4. The summed E-state index contributed by atoms with van der Waals surface area (Å²) in [6, 6.07) is 5.35. The predicted octanol–water partition coefficient (Wildman–Crippen LogP) is 2.50. The molecule has 0 aromatic heterocycles. The molecule has 1 rings (SSSR count). The fraction of sp³-hybridized carbons (Fsp3) is 0.333. The van der Waals surface area contributed by atoms with Gasteiger partial charge in [-0.2, -0.15) is 0 Å². The maximum Gasteiger partial charge on any atom is 0.255 e. The summed E-state index contributed by atoms with van der Waals surface area (Å²) >= 11 is 8.28. The molecule has 2 N–H and O–H groups in total. The number of thiocarbonyl (C=S) groups is 1. The molecule has 0 aliphatic heterocycles. The second kappa shape index (κ2) is 5.60. The lowest BCUT2D eigenvalue weighted by atomic mass is 10.1. The lowest BCUT2D eigenvalue weighted by Gasteiger charge is -2.24. The molecule has 0 aliphatic rings. The third kappa shape index (κ3) is 3.26. The first-order valence-corrected chi connectivity index (χ1v) is 6.37. The summed E-state index contributed by atoms with van der Waals surface area (Å²) in [7, 11) is 1.69. The number of hydrogen-bond acceptors (Lipinski definition) is 2. The molecule has 5 heteroatoms. The van der Waals surface area contributed by atoms with Gasteiger partial charge in [0.25, 0.3) is 5.91 Å². The third-order valence-corrected chi connectivity index (χ3v) is 3.67. The van der Waals surface area contributed by atoms with Gasteiger partial charge in [0.2, 0.25) is 0 Å². The molecule has 17 heavy (non-hydrogen) atoms. The van der Waals surface area contributed by atoms with Crippen molar-refractivity contribution in [2.75, 3.05) is 7.05 Å². The molecule has 0 spiro atoms. The smallest absolute Gasteiger partial charge is 0.255 e. The third-order valence-electron chi connectivity index (χ3n) is 2.67. The maximum atomic E-state index is 12.2. The molecule has 92 valence electrons. The van der Waals surface area contributed by atoms with Gasteiger partial charge in [-0.05, 0) is 47.5 Å². The Kier molecular flexibility index (Phi) is 4.65. The Labute approximate surface area is 115 Å². The number of likely N-dealkylation sites (N-methyl/N-ethyl adjacent to an activating group) is 1. The fourth-order valence-corrected chi connectivity index (χ4v) is 2.17. The van der Waals surface area contributed by atoms with Gasteiger partial charge >= 0.3 is 0 Å². The van der Waals surface area contributed by atoms with Crippen molar-refractivity contribution in [3.05, 3.63) is 33.8 Å². The van der Waals surface area contributed by atoms with E-state index in [1.165, 1.54) is 4.90 Å². The summed E-state index contributed by atoms with van der Waals surface area (Å²) in [5.41, 5.74) is 7.25. The summed E-state index contributed by atoms with van der Waals surface area (Å²) in [5.74, 6) is -0.0998. The van der Waals surface area contributed by atoms with E-state index in [0.29, 0.717) is 10.6 Å². The van der Waals surface area contributed by atoms with Gasteiger partial charge in [0.1, 0.15) is 0 Å². The highest BCUT2D eigenvalue weighted by molar-refractivity contribution is 9.10. The van der Waals surface area contributed by atoms with Gasteiger partial charge in [0.05, 0.1) is 16.6 Å². The Morgan fingerprint density at radius 2 is 2.12 bits per heavy atom. The molecular weight excluding hydrogens is 300 g/mol. The number of carbonyl (C=O) groups excluding carboxylic acids is 1. The molecule has 0 aliphatic carbocycles. The summed E-state index contributed by atoms with van der Waals surface area (Å²) in [6.07, 6.45) is 0. The normalized spacial score (nSPS) is 12.0. The zero-order valence-electron chi connectivity index (χ0n) is 10.0. The van der Waals surface area contributed by atoms with Crippen LogP contribution in [0.4, 0.5) is 0 Å². The van der Waals surface area contributed by atoms with Gasteiger partial charge in [-0.3, -0.25) is 4.79 Å². The highest BCUT2D eigenvalue weighted by atomic mass is 79.9. The van der Waals surface area contributed by atoms with Crippen molar-refractivity contribution >= 4 is 39.0 Å². The predicted molar refractivity (Wildman–Crippen MR) is 77.2 cm³/mol. The van der Waals surface area contributed by atoms with Crippen molar-refractivity contribution in [2.24, 2.45) is 5.73 Å². The average molecular weight is 315 g/mol. The van der Waals surface area contributed by atoms with Crippen LogP contribution in [0.3, 0.4) is 0 Å². The van der Waals surface area contributed by atoms with Crippen molar-refractivity contribution < 1.29 is 4.79 Å². The molecule has 0 radical (unpaired) electrons. The van der Waals surface area contributed by atoms with Crippen LogP contribution in [0, 0.1) is 6.92 Å². The van der Waals surface area contributed by atoms with Crippen molar-refractivity contribution in [3.8, 4) is 0 Å². The highest BCUT2D eigenvalue weighted by Crippen LogP contribution is 2.20. The number of benzene rings is 1. The average Bonchev–Trinajstić information content (AvgIpc) is 2.26. The molecule has 1 atom stereocenters. The van der Waals surface area contributed by atoms with Crippen LogP contribution in [0.2, 0.25) is 0 Å². The number of halogens is 1. The number of hydrogen-bond donors (Lipinski definition) is 1. The Hall–Kier alpha value is -0.940. The topological polar surface area (TPSA) is 46.3 Å². The van der Waals surface area contributed by atoms with Crippen molar-refractivity contribution in [1.82, 2.24) is 4.90 Å². The minimum atomic E-state index is -0.259. The van der Waals surface area contributed by atoms with Crippen LogP contribution in [0.15, 0.2) is 22.7 Å². The van der Waals surface area contributed by atoms with Gasteiger partial charge < -0.3 is 10.6 Å². The largest absolute Gasteiger partial charge is 0.392 e. The zero-order chi connectivity index (χ0) is 13.2. The highest BCUT2D eigenvalue weighted by Gasteiger charge is 2.20. The van der Waals surface area contributed by atoms with E-state index in [1.807, 2.05) is 26.0 Å². The molecule has 0 heterocycles. The Balaban J connectivity index is 3.00. The quantitative estimate of drug-likeness (QED) is 0.872. The van der Waals surface area contributed by atoms with E-state index in [2.05, 4.69) is 15.9 Å². The molecule has 1 aromatic carbocycles. The van der Waals surface area contributed by atoms with Gasteiger partial charge in [-0.25, -0.2) is 0 Å². The molecule has 1 amide bonds. The molecule has 0 saturated carbocycles. The first-order chi connectivity index (χ1) is 7.84. The van der Waals surface area contributed by atoms with Crippen LogP contribution in [0.25, 0.3) is 0 Å². The monoisotopic (exact) mass is 314 g/mol. The summed E-state index contributed by atoms with van der Waals surface area (Å²) in [6.45, 7) is 3.78. The molecule has 0 fully saturated rings. The second-order valence-electron chi connectivity index (χ2n) is 3.98. The fourth-order valence-electron chi connectivity index (χ4n) is 1.35. The molecule has 1 unspecified atom stereocenters. The molecule has 0 saturated heterocycles. The number of amides is 1. The lowest BCUT2D eigenvalue weighted by molar-refractivity contribution is 0.0778. The number of nitrogens with two attached hydrogens (primary N) is 1. The van der Waals surface area contributed by atoms with Gasteiger partial charge in [-0.1, -0.05) is 18.3 Å². The van der Waals surface area contributed by atoms with Crippen LogP contribution in [-0.2, 0) is 0 Å². The van der Waals surface area contributed by atoms with E-state index in [-0.39, 0.29) is 11.9 Å². The first kappa shape index (κ1) is 14.1. The molecule has 3 nitrogen and oxygen atoms in total. The number of rotatable bonds is 3. The minimum Gasteiger partial charge on any atom is -0.392 e. The number of carbonyl (C=O) groups is 1. The maximum absolute atomic E-state index is 12.2. The molecule has 1 aromatic rings. The van der Waals surface area contributed by atoms with Crippen molar-refractivity contribution in [2.45, 2.75) is 19.9 Å². The second-order valence-corrected chi connectivity index (χ2v) is 5.30. The SMILES string of the molecule is Cc1ccc(C(=O)N(C)C(C)C(N)=S)c(Br)c1. The Morgan fingerprint density at radius 3 is 2.59 bits per heavy atom. The minimum absolute atomic E-state index is 0.0998. The standard InChI is InChI=1S/C12H15BrN2OS/c1-7-4-5-9(10(13)6-7)12(16)15(3)8(2)11(14)17/h4-6,8H,1-3H3,(H2,14,17). The summed E-state index contributed by atoms with van der Waals surface area (Å²) in [4.78, 5) is 14.1. The first-order valence-electron chi connectivity index (χ1n) is 5.17. The van der Waals surface area contributed by atoms with Crippen LogP contribution >= 0.6 is 28.1 Å². The van der Waals surface area contributed by atoms with E-state index in [4.69, 9.17) is 18.0 Å². The van der Waals surface area contributed by atoms with Crippen LogP contribution < -0.4 is 5.73 Å². The summed E-state index contributed by atoms with van der Waals surface area (Å²) in [5, 5.41) is 0. The number of aryl methyl sites for hydroxylation is 1. The summed E-state index contributed by atoms with van der Waals surface area (Å²) < 4.78 is 0.782. The van der Waals surface area contributed by atoms with Gasteiger partial charge in [-0.15, -0.1) is 0 Å². The Morgan fingerprint density at radius 1 is 1.53 bits per heavy atom. The van der Waals surface area contributed by atoms with E-state index >= 15 is 0 Å². The molecular formula is C12H15BrN2OS. The van der Waals surface area contributed by atoms with Crippen LogP contribution in [-0.4, -0.2) is 28.9 Å². The van der Waals surface area contributed by atoms with E-state index in [9.17, 15) is 4.79 Å². The lowest BCUT2D eigenvalue weighted by Crippen LogP contribution is -2.42. The van der Waals surface area contributed by atoms with Gasteiger partial charge in [0.15, 0.2) is 0 Å². The van der Waals surface area contributed by atoms with Crippen LogP contribution in [0.5, 0.6) is 0 Å². The molecule has 0 bridgehead atoms. The van der Waals surface area contributed by atoms with Crippen molar-refractivity contribution in [3.63, 3.8) is 0 Å². The van der Waals surface area contributed by atoms with Crippen LogP contribution in [0.1, 0.15) is 22.8 Å². The van der Waals surface area contributed by atoms with E-state index in [0.717, 1.165) is 10.0 Å². The van der Waals surface area contributed by atoms with Gasteiger partial charge in [0, 0.05) is 11.5 Å². The van der Waals surface area contributed by atoms with E-state index in [1.54, 1.807) is 13.1 Å². The Bertz CT molecular complexity index is 462. The number of nitrogens with zero attached hydrogens (tertiary/aromatic N) is 1. The van der Waals surface area contributed by atoms with E-state index < -0.39 is 0 Å².